The number of halogens is 2. The molecule has 1 heterocycles. The SMILES string of the molecule is CCCNC(Cc1ccc(Cl)s1)c1ccc(C)c(F)c1. The Balaban J connectivity index is 2.19. The number of benzene rings is 1. The Hall–Kier alpha value is -0.900. The Morgan fingerprint density at radius 3 is 2.70 bits per heavy atom. The topological polar surface area (TPSA) is 12.0 Å². The molecule has 108 valence electrons. The molecule has 0 aliphatic carbocycles. The molecule has 0 amide bonds. The van der Waals surface area contributed by atoms with E-state index in [1.54, 1.807) is 24.3 Å². The summed E-state index contributed by atoms with van der Waals surface area (Å²) in [6.45, 7) is 4.83. The van der Waals surface area contributed by atoms with Gasteiger partial charge in [-0.25, -0.2) is 4.39 Å². The van der Waals surface area contributed by atoms with E-state index in [1.807, 2.05) is 24.3 Å². The number of nitrogens with one attached hydrogen (secondary N) is 1. The van der Waals surface area contributed by atoms with E-state index in [2.05, 4.69) is 12.2 Å². The lowest BCUT2D eigenvalue weighted by molar-refractivity contribution is 0.526. The highest BCUT2D eigenvalue weighted by Crippen LogP contribution is 2.27. The fourth-order valence-electron chi connectivity index (χ4n) is 2.11. The van der Waals surface area contributed by atoms with Gasteiger partial charge in [-0.2, -0.15) is 0 Å². The molecule has 0 aliphatic heterocycles. The minimum atomic E-state index is -0.144. The van der Waals surface area contributed by atoms with Crippen LogP contribution in [-0.4, -0.2) is 6.54 Å². The number of hydrogen-bond donors (Lipinski definition) is 1. The van der Waals surface area contributed by atoms with Crippen molar-refractivity contribution in [3.63, 3.8) is 0 Å². The van der Waals surface area contributed by atoms with Crippen molar-refractivity contribution < 1.29 is 4.39 Å². The van der Waals surface area contributed by atoms with Gasteiger partial charge in [0.05, 0.1) is 4.34 Å². The number of aryl methyl sites for hydroxylation is 1. The van der Waals surface area contributed by atoms with E-state index in [9.17, 15) is 4.39 Å². The molecule has 0 aliphatic rings. The molecule has 1 unspecified atom stereocenters. The molecule has 20 heavy (non-hydrogen) atoms. The predicted octanol–water partition coefficient (Wildman–Crippen LogP) is 5.13. The van der Waals surface area contributed by atoms with E-state index in [-0.39, 0.29) is 11.9 Å². The lowest BCUT2D eigenvalue weighted by Gasteiger charge is -2.19. The van der Waals surface area contributed by atoms with Crippen LogP contribution in [0.2, 0.25) is 4.34 Å². The van der Waals surface area contributed by atoms with Gasteiger partial charge in [0.15, 0.2) is 0 Å². The van der Waals surface area contributed by atoms with Crippen LogP contribution in [0, 0.1) is 12.7 Å². The highest BCUT2D eigenvalue weighted by atomic mass is 35.5. The van der Waals surface area contributed by atoms with Crippen molar-refractivity contribution in [2.45, 2.75) is 32.7 Å². The molecular formula is C16H19ClFNS. The van der Waals surface area contributed by atoms with Gasteiger partial charge in [-0.05, 0) is 49.2 Å². The summed E-state index contributed by atoms with van der Waals surface area (Å²) in [6, 6.07) is 9.55. The molecule has 0 bridgehead atoms. The first kappa shape index (κ1) is 15.5. The molecule has 0 saturated heterocycles. The second-order valence-electron chi connectivity index (χ2n) is 4.93. The predicted molar refractivity (Wildman–Crippen MR) is 85.2 cm³/mol. The number of hydrogen-bond acceptors (Lipinski definition) is 2. The number of rotatable bonds is 6. The Morgan fingerprint density at radius 2 is 2.10 bits per heavy atom. The summed E-state index contributed by atoms with van der Waals surface area (Å²) in [5, 5.41) is 3.49. The monoisotopic (exact) mass is 311 g/mol. The van der Waals surface area contributed by atoms with Gasteiger partial charge < -0.3 is 5.32 Å². The third kappa shape index (κ3) is 4.05. The summed E-state index contributed by atoms with van der Waals surface area (Å²) >= 11 is 7.56. The Morgan fingerprint density at radius 1 is 1.30 bits per heavy atom. The lowest BCUT2D eigenvalue weighted by Crippen LogP contribution is -2.24. The first-order valence-electron chi connectivity index (χ1n) is 6.83. The fourth-order valence-corrected chi connectivity index (χ4v) is 3.25. The van der Waals surface area contributed by atoms with E-state index < -0.39 is 0 Å². The average Bonchev–Trinajstić information content (AvgIpc) is 2.83. The van der Waals surface area contributed by atoms with Gasteiger partial charge in [-0.1, -0.05) is 30.7 Å². The molecule has 0 radical (unpaired) electrons. The standard InChI is InChI=1S/C16H19ClFNS/c1-3-8-19-15(10-13-6-7-16(17)20-13)12-5-4-11(2)14(18)9-12/h4-7,9,15,19H,3,8,10H2,1-2H3. The van der Waals surface area contributed by atoms with Crippen LogP contribution in [0.25, 0.3) is 0 Å². The summed E-state index contributed by atoms with van der Waals surface area (Å²) in [5.74, 6) is -0.144. The van der Waals surface area contributed by atoms with E-state index in [4.69, 9.17) is 11.6 Å². The molecule has 1 nitrogen and oxygen atoms in total. The minimum absolute atomic E-state index is 0.125. The molecular weight excluding hydrogens is 293 g/mol. The molecule has 2 aromatic rings. The highest BCUT2D eigenvalue weighted by molar-refractivity contribution is 7.16. The minimum Gasteiger partial charge on any atom is -0.310 e. The second-order valence-corrected chi connectivity index (χ2v) is 6.72. The maximum absolute atomic E-state index is 13.8. The summed E-state index contributed by atoms with van der Waals surface area (Å²) in [5.41, 5.74) is 1.67. The van der Waals surface area contributed by atoms with Crippen LogP contribution >= 0.6 is 22.9 Å². The molecule has 0 saturated carbocycles. The summed E-state index contributed by atoms with van der Waals surface area (Å²) in [6.07, 6.45) is 1.88. The Labute approximate surface area is 128 Å². The third-order valence-electron chi connectivity index (χ3n) is 3.27. The van der Waals surface area contributed by atoms with Gasteiger partial charge >= 0.3 is 0 Å². The molecule has 1 aromatic carbocycles. The zero-order valence-electron chi connectivity index (χ0n) is 11.7. The van der Waals surface area contributed by atoms with E-state index in [1.165, 1.54) is 4.88 Å². The van der Waals surface area contributed by atoms with Crippen molar-refractivity contribution in [3.8, 4) is 0 Å². The molecule has 2 rings (SSSR count). The average molecular weight is 312 g/mol. The van der Waals surface area contributed by atoms with E-state index in [0.717, 1.165) is 29.3 Å². The van der Waals surface area contributed by atoms with Crippen LogP contribution in [-0.2, 0) is 6.42 Å². The van der Waals surface area contributed by atoms with Crippen LogP contribution in [0.5, 0.6) is 0 Å². The Bertz CT molecular complexity index is 567. The van der Waals surface area contributed by atoms with Crippen molar-refractivity contribution >= 4 is 22.9 Å². The van der Waals surface area contributed by atoms with Gasteiger partial charge in [-0.3, -0.25) is 0 Å². The van der Waals surface area contributed by atoms with Crippen LogP contribution in [0.3, 0.4) is 0 Å². The normalized spacial score (nSPS) is 12.6. The summed E-state index contributed by atoms with van der Waals surface area (Å²) < 4.78 is 14.6. The number of thiophene rings is 1. The van der Waals surface area contributed by atoms with Gasteiger partial charge in [-0.15, -0.1) is 11.3 Å². The molecule has 1 aromatic heterocycles. The van der Waals surface area contributed by atoms with Gasteiger partial charge in [0.2, 0.25) is 0 Å². The highest BCUT2D eigenvalue weighted by Gasteiger charge is 2.14. The molecule has 4 heteroatoms. The summed E-state index contributed by atoms with van der Waals surface area (Å²) in [4.78, 5) is 1.21. The van der Waals surface area contributed by atoms with Crippen LogP contribution in [0.4, 0.5) is 4.39 Å². The molecule has 0 fully saturated rings. The zero-order valence-corrected chi connectivity index (χ0v) is 13.3. The maximum Gasteiger partial charge on any atom is 0.126 e. The van der Waals surface area contributed by atoms with Crippen molar-refractivity contribution in [2.75, 3.05) is 6.54 Å². The van der Waals surface area contributed by atoms with Gasteiger partial charge in [0.25, 0.3) is 0 Å². The first-order chi connectivity index (χ1) is 9.60. The second kappa shape index (κ2) is 7.21. The van der Waals surface area contributed by atoms with Crippen molar-refractivity contribution in [1.82, 2.24) is 5.32 Å². The zero-order chi connectivity index (χ0) is 14.5. The van der Waals surface area contributed by atoms with Crippen LogP contribution < -0.4 is 5.32 Å². The largest absolute Gasteiger partial charge is 0.310 e. The maximum atomic E-state index is 13.8. The first-order valence-corrected chi connectivity index (χ1v) is 8.03. The Kier molecular flexibility index (Phi) is 5.58. The lowest BCUT2D eigenvalue weighted by atomic mass is 10.0. The fraction of sp³-hybridized carbons (Fsp3) is 0.375. The van der Waals surface area contributed by atoms with E-state index in [0.29, 0.717) is 5.56 Å². The molecule has 1 N–H and O–H groups in total. The molecule has 0 spiro atoms. The van der Waals surface area contributed by atoms with Crippen molar-refractivity contribution in [2.24, 2.45) is 0 Å². The third-order valence-corrected chi connectivity index (χ3v) is 4.53. The summed E-state index contributed by atoms with van der Waals surface area (Å²) in [7, 11) is 0. The van der Waals surface area contributed by atoms with Crippen LogP contribution in [0.1, 0.15) is 35.4 Å². The quantitative estimate of drug-likeness (QED) is 0.779. The van der Waals surface area contributed by atoms with Crippen LogP contribution in [0.15, 0.2) is 30.3 Å². The van der Waals surface area contributed by atoms with Crippen molar-refractivity contribution in [3.05, 3.63) is 56.5 Å². The van der Waals surface area contributed by atoms with Crippen molar-refractivity contribution in [1.29, 1.82) is 0 Å². The smallest absolute Gasteiger partial charge is 0.126 e. The van der Waals surface area contributed by atoms with Gasteiger partial charge in [0, 0.05) is 17.3 Å². The van der Waals surface area contributed by atoms with Gasteiger partial charge in [0.1, 0.15) is 5.82 Å². The molecule has 1 atom stereocenters. The van der Waals surface area contributed by atoms with E-state index >= 15 is 0 Å².